The molecule has 1 aromatic carbocycles. The Balaban J connectivity index is 1.75. The van der Waals surface area contributed by atoms with Gasteiger partial charge in [0, 0.05) is 11.8 Å². The second-order valence-corrected chi connectivity index (χ2v) is 5.26. The molecule has 0 saturated heterocycles. The molecule has 0 amide bonds. The minimum Gasteiger partial charge on any atom is -0.294 e. The molecule has 3 rings (SSSR count). The van der Waals surface area contributed by atoms with E-state index < -0.39 is 5.82 Å². The fourth-order valence-corrected chi connectivity index (χ4v) is 2.22. The summed E-state index contributed by atoms with van der Waals surface area (Å²) in [7, 11) is 0. The molecule has 114 valence electrons. The van der Waals surface area contributed by atoms with E-state index in [0.29, 0.717) is 22.6 Å². The van der Waals surface area contributed by atoms with E-state index in [0.717, 1.165) is 0 Å². The zero-order valence-corrected chi connectivity index (χ0v) is 12.7. The van der Waals surface area contributed by atoms with E-state index in [-0.39, 0.29) is 17.2 Å². The van der Waals surface area contributed by atoms with Gasteiger partial charge in [-0.1, -0.05) is 17.7 Å². The predicted octanol–water partition coefficient (Wildman–Crippen LogP) is 3.76. The van der Waals surface area contributed by atoms with Crippen molar-refractivity contribution in [3.8, 4) is 11.4 Å². The number of Topliss-reactive ketones (excluding diaryl/α,β-unsaturated/α-hetero) is 1. The standard InChI is InChI=1S/C17H11ClFN3O/c18-13-9-11(4-6-14(13)19)17(23)10-12-5-7-16(22-21-12)15-3-1-2-8-20-15/h1-9H,10H2. The number of nitrogens with zero attached hydrogens (tertiary/aromatic N) is 3. The largest absolute Gasteiger partial charge is 0.294 e. The zero-order valence-electron chi connectivity index (χ0n) is 11.9. The van der Waals surface area contributed by atoms with Crippen molar-refractivity contribution in [1.82, 2.24) is 15.2 Å². The monoisotopic (exact) mass is 327 g/mol. The lowest BCUT2D eigenvalue weighted by atomic mass is 10.1. The highest BCUT2D eigenvalue weighted by Crippen LogP contribution is 2.18. The number of carbonyl (C=O) groups excluding carboxylic acids is 1. The SMILES string of the molecule is O=C(Cc1ccc(-c2ccccn2)nn1)c1ccc(F)c(Cl)c1. The van der Waals surface area contributed by atoms with Crippen LogP contribution in [-0.4, -0.2) is 21.0 Å². The lowest BCUT2D eigenvalue weighted by Gasteiger charge is -2.03. The van der Waals surface area contributed by atoms with Crippen LogP contribution in [0.15, 0.2) is 54.7 Å². The van der Waals surface area contributed by atoms with Gasteiger partial charge in [0.25, 0.3) is 0 Å². The number of rotatable bonds is 4. The number of hydrogen-bond donors (Lipinski definition) is 0. The smallest absolute Gasteiger partial charge is 0.168 e. The molecule has 0 atom stereocenters. The number of pyridine rings is 1. The van der Waals surface area contributed by atoms with Gasteiger partial charge >= 0.3 is 0 Å². The summed E-state index contributed by atoms with van der Waals surface area (Å²) >= 11 is 5.69. The molecule has 0 unspecified atom stereocenters. The lowest BCUT2D eigenvalue weighted by molar-refractivity contribution is 0.0991. The number of carbonyl (C=O) groups is 1. The Labute approximate surface area is 137 Å². The van der Waals surface area contributed by atoms with Crippen molar-refractivity contribution >= 4 is 17.4 Å². The van der Waals surface area contributed by atoms with Crippen LogP contribution in [0.25, 0.3) is 11.4 Å². The van der Waals surface area contributed by atoms with Crippen LogP contribution in [-0.2, 0) is 6.42 Å². The quantitative estimate of drug-likeness (QED) is 0.685. The summed E-state index contributed by atoms with van der Waals surface area (Å²) in [6.07, 6.45) is 1.74. The molecule has 3 aromatic rings. The molecule has 23 heavy (non-hydrogen) atoms. The lowest BCUT2D eigenvalue weighted by Crippen LogP contribution is -2.06. The molecule has 2 aromatic heterocycles. The summed E-state index contributed by atoms with van der Waals surface area (Å²) in [6.45, 7) is 0. The number of ketones is 1. The fraction of sp³-hybridized carbons (Fsp3) is 0.0588. The van der Waals surface area contributed by atoms with Crippen molar-refractivity contribution < 1.29 is 9.18 Å². The summed E-state index contributed by atoms with van der Waals surface area (Å²) in [5.41, 5.74) is 2.21. The maximum absolute atomic E-state index is 13.1. The van der Waals surface area contributed by atoms with E-state index in [1.54, 1.807) is 18.3 Å². The van der Waals surface area contributed by atoms with E-state index in [2.05, 4.69) is 15.2 Å². The molecule has 0 fully saturated rings. The highest BCUT2D eigenvalue weighted by Gasteiger charge is 2.11. The highest BCUT2D eigenvalue weighted by molar-refractivity contribution is 6.31. The first-order valence-electron chi connectivity index (χ1n) is 6.86. The zero-order chi connectivity index (χ0) is 16.2. The van der Waals surface area contributed by atoms with E-state index in [1.165, 1.54) is 18.2 Å². The van der Waals surface area contributed by atoms with Crippen molar-refractivity contribution in [3.05, 3.63) is 76.8 Å². The third kappa shape index (κ3) is 3.57. The van der Waals surface area contributed by atoms with Gasteiger partial charge in [0.1, 0.15) is 11.5 Å². The first kappa shape index (κ1) is 15.2. The van der Waals surface area contributed by atoms with Gasteiger partial charge in [-0.05, 0) is 42.5 Å². The first-order valence-corrected chi connectivity index (χ1v) is 7.23. The van der Waals surface area contributed by atoms with E-state index in [4.69, 9.17) is 11.6 Å². The number of aromatic nitrogens is 3. The van der Waals surface area contributed by atoms with Crippen molar-refractivity contribution in [2.24, 2.45) is 0 Å². The Kier molecular flexibility index (Phi) is 4.39. The molecule has 0 aliphatic carbocycles. The number of benzene rings is 1. The van der Waals surface area contributed by atoms with Crippen LogP contribution < -0.4 is 0 Å². The van der Waals surface area contributed by atoms with Gasteiger partial charge in [0.2, 0.25) is 0 Å². The van der Waals surface area contributed by atoms with Crippen LogP contribution in [0.5, 0.6) is 0 Å². The molecule has 0 saturated carbocycles. The molecule has 2 heterocycles. The van der Waals surface area contributed by atoms with E-state index >= 15 is 0 Å². The molecule has 0 aliphatic heterocycles. The van der Waals surface area contributed by atoms with Gasteiger partial charge in [-0.2, -0.15) is 5.10 Å². The molecule has 4 nitrogen and oxygen atoms in total. The maximum atomic E-state index is 13.1. The minimum atomic E-state index is -0.553. The average Bonchev–Trinajstić information content (AvgIpc) is 2.59. The van der Waals surface area contributed by atoms with Crippen LogP contribution in [0.2, 0.25) is 5.02 Å². The van der Waals surface area contributed by atoms with Crippen LogP contribution in [0, 0.1) is 5.82 Å². The molecule has 0 spiro atoms. The van der Waals surface area contributed by atoms with Crippen LogP contribution in [0.4, 0.5) is 4.39 Å². The van der Waals surface area contributed by atoms with Gasteiger partial charge in [-0.15, -0.1) is 5.10 Å². The summed E-state index contributed by atoms with van der Waals surface area (Å²) < 4.78 is 13.1. The minimum absolute atomic E-state index is 0.0669. The third-order valence-electron chi connectivity index (χ3n) is 3.23. The molecular formula is C17H11ClFN3O. The van der Waals surface area contributed by atoms with Gasteiger partial charge in [-0.3, -0.25) is 9.78 Å². The third-order valence-corrected chi connectivity index (χ3v) is 3.52. The molecule has 6 heteroatoms. The Morgan fingerprint density at radius 1 is 1.04 bits per heavy atom. The Morgan fingerprint density at radius 2 is 1.91 bits per heavy atom. The molecule has 0 radical (unpaired) electrons. The molecular weight excluding hydrogens is 317 g/mol. The number of halogens is 2. The predicted molar refractivity (Wildman–Crippen MR) is 84.7 cm³/mol. The molecule has 0 N–H and O–H groups in total. The van der Waals surface area contributed by atoms with E-state index in [9.17, 15) is 9.18 Å². The van der Waals surface area contributed by atoms with Gasteiger partial charge in [-0.25, -0.2) is 4.39 Å². The van der Waals surface area contributed by atoms with Crippen molar-refractivity contribution in [3.63, 3.8) is 0 Å². The van der Waals surface area contributed by atoms with Crippen LogP contribution >= 0.6 is 11.6 Å². The van der Waals surface area contributed by atoms with Gasteiger partial charge < -0.3 is 0 Å². The van der Waals surface area contributed by atoms with E-state index in [1.807, 2.05) is 18.2 Å². The average molecular weight is 328 g/mol. The summed E-state index contributed by atoms with van der Waals surface area (Å²) in [4.78, 5) is 16.4. The van der Waals surface area contributed by atoms with Crippen LogP contribution in [0.3, 0.4) is 0 Å². The Morgan fingerprint density at radius 3 is 2.57 bits per heavy atom. The second kappa shape index (κ2) is 6.62. The normalized spacial score (nSPS) is 10.5. The topological polar surface area (TPSA) is 55.7 Å². The summed E-state index contributed by atoms with van der Waals surface area (Å²) in [6, 6.07) is 12.9. The Hall–Kier alpha value is -2.66. The molecule has 0 aliphatic rings. The molecule has 0 bridgehead atoms. The van der Waals surface area contributed by atoms with Gasteiger partial charge in [0.15, 0.2) is 5.78 Å². The van der Waals surface area contributed by atoms with Crippen molar-refractivity contribution in [2.75, 3.05) is 0 Å². The fourth-order valence-electron chi connectivity index (χ4n) is 2.04. The van der Waals surface area contributed by atoms with Crippen molar-refractivity contribution in [1.29, 1.82) is 0 Å². The number of hydrogen-bond acceptors (Lipinski definition) is 4. The maximum Gasteiger partial charge on any atom is 0.168 e. The second-order valence-electron chi connectivity index (χ2n) is 4.85. The Bertz CT molecular complexity index is 838. The van der Waals surface area contributed by atoms with Crippen LogP contribution in [0.1, 0.15) is 16.1 Å². The van der Waals surface area contributed by atoms with Gasteiger partial charge in [0.05, 0.1) is 22.8 Å². The summed E-state index contributed by atoms with van der Waals surface area (Å²) in [5.74, 6) is -0.755. The first-order chi connectivity index (χ1) is 11.1. The van der Waals surface area contributed by atoms with Crippen molar-refractivity contribution in [2.45, 2.75) is 6.42 Å². The summed E-state index contributed by atoms with van der Waals surface area (Å²) in [5, 5.41) is 8.04. The highest BCUT2D eigenvalue weighted by atomic mass is 35.5.